The lowest BCUT2D eigenvalue weighted by atomic mass is 9.91. The van der Waals surface area contributed by atoms with E-state index in [-0.39, 0.29) is 11.8 Å². The Bertz CT molecular complexity index is 820. The zero-order chi connectivity index (χ0) is 16.1. The van der Waals surface area contributed by atoms with Crippen LogP contribution in [-0.4, -0.2) is 19.0 Å². The van der Waals surface area contributed by atoms with Gasteiger partial charge in [-0.15, -0.1) is 0 Å². The number of hydrogen-bond donors (Lipinski definition) is 2. The van der Waals surface area contributed by atoms with Gasteiger partial charge in [-0.1, -0.05) is 30.3 Å². The Morgan fingerprint density at radius 1 is 1.04 bits per heavy atom. The van der Waals surface area contributed by atoms with Gasteiger partial charge >= 0.3 is 0 Å². The summed E-state index contributed by atoms with van der Waals surface area (Å²) in [6.45, 7) is 2.11. The van der Waals surface area contributed by atoms with Crippen molar-refractivity contribution in [2.75, 3.05) is 18.4 Å². The van der Waals surface area contributed by atoms with Crippen molar-refractivity contribution in [1.29, 1.82) is 0 Å². The minimum absolute atomic E-state index is 0.213. The van der Waals surface area contributed by atoms with Crippen LogP contribution in [0.25, 0.3) is 11.1 Å². The second-order valence-electron chi connectivity index (χ2n) is 7.56. The average Bonchev–Trinajstić information content (AvgIpc) is 3.16. The molecule has 2 fully saturated rings. The first-order chi connectivity index (χ1) is 11.8. The second kappa shape index (κ2) is 5.18. The summed E-state index contributed by atoms with van der Waals surface area (Å²) in [4.78, 5) is 12.6. The molecule has 122 valence electrons. The summed E-state index contributed by atoms with van der Waals surface area (Å²) in [5.41, 5.74) is 6.59. The normalized spacial score (nSPS) is 22.8. The van der Waals surface area contributed by atoms with Crippen LogP contribution in [0.4, 0.5) is 5.69 Å². The molecule has 1 atom stereocenters. The minimum atomic E-state index is 0.213. The van der Waals surface area contributed by atoms with Crippen molar-refractivity contribution in [2.24, 2.45) is 11.3 Å². The molecule has 5 rings (SSSR count). The van der Waals surface area contributed by atoms with Gasteiger partial charge in [0.1, 0.15) is 0 Å². The highest BCUT2D eigenvalue weighted by Crippen LogP contribution is 2.58. The Labute approximate surface area is 142 Å². The fraction of sp³-hybridized carbons (Fsp3) is 0.381. The first-order valence-electron chi connectivity index (χ1n) is 8.98. The topological polar surface area (TPSA) is 41.1 Å². The number of carbonyl (C=O) groups is 1. The third-order valence-corrected chi connectivity index (χ3v) is 6.17. The number of rotatable bonds is 2. The van der Waals surface area contributed by atoms with E-state index in [4.69, 9.17) is 0 Å². The molecule has 1 saturated heterocycles. The van der Waals surface area contributed by atoms with Crippen molar-refractivity contribution in [3.8, 4) is 11.1 Å². The number of amides is 1. The van der Waals surface area contributed by atoms with Crippen LogP contribution in [0.15, 0.2) is 42.5 Å². The quantitative estimate of drug-likeness (QED) is 0.758. The maximum atomic E-state index is 12.6. The highest BCUT2D eigenvalue weighted by Gasteiger charge is 2.57. The molecule has 3 heteroatoms. The fourth-order valence-corrected chi connectivity index (χ4v) is 4.65. The lowest BCUT2D eigenvalue weighted by Crippen LogP contribution is -2.31. The van der Waals surface area contributed by atoms with Crippen LogP contribution in [0.2, 0.25) is 0 Å². The number of carbonyl (C=O) groups excluding carboxylic acids is 1. The van der Waals surface area contributed by atoms with Crippen molar-refractivity contribution in [3.63, 3.8) is 0 Å². The fourth-order valence-electron chi connectivity index (χ4n) is 4.65. The maximum Gasteiger partial charge on any atom is 0.228 e. The molecule has 2 aliphatic carbocycles. The first kappa shape index (κ1) is 14.2. The molecule has 1 saturated carbocycles. The molecule has 1 amide bonds. The highest BCUT2D eigenvalue weighted by molar-refractivity contribution is 5.95. The van der Waals surface area contributed by atoms with E-state index in [1.54, 1.807) is 0 Å². The molecular weight excluding hydrogens is 296 g/mol. The Kier molecular flexibility index (Phi) is 3.07. The van der Waals surface area contributed by atoms with E-state index in [1.807, 2.05) is 0 Å². The summed E-state index contributed by atoms with van der Waals surface area (Å²) in [5.74, 6) is 0.428. The summed E-state index contributed by atoms with van der Waals surface area (Å²) >= 11 is 0. The standard InChI is InChI=1S/C21H22N2O/c24-20(19-13-21(19)7-9-22-10-8-21)23-16-5-6-18-15(12-16)11-14-3-1-2-4-17(14)18/h1-6,12,19,22H,7-11,13H2,(H,23,24). The van der Waals surface area contributed by atoms with Gasteiger partial charge in [-0.3, -0.25) is 4.79 Å². The smallest absolute Gasteiger partial charge is 0.228 e. The van der Waals surface area contributed by atoms with E-state index in [0.717, 1.165) is 44.5 Å². The Hall–Kier alpha value is -2.13. The number of nitrogens with one attached hydrogen (secondary N) is 2. The number of benzene rings is 2. The Balaban J connectivity index is 1.33. The van der Waals surface area contributed by atoms with Gasteiger partial charge in [0.25, 0.3) is 0 Å². The van der Waals surface area contributed by atoms with E-state index in [0.29, 0.717) is 5.41 Å². The maximum absolute atomic E-state index is 12.6. The van der Waals surface area contributed by atoms with E-state index < -0.39 is 0 Å². The molecule has 1 heterocycles. The Morgan fingerprint density at radius 2 is 1.83 bits per heavy atom. The van der Waals surface area contributed by atoms with E-state index in [9.17, 15) is 4.79 Å². The third-order valence-electron chi connectivity index (χ3n) is 6.17. The molecule has 1 aliphatic heterocycles. The number of hydrogen-bond acceptors (Lipinski definition) is 2. The molecule has 0 bridgehead atoms. The van der Waals surface area contributed by atoms with Gasteiger partial charge in [0.05, 0.1) is 0 Å². The molecule has 0 radical (unpaired) electrons. The molecular formula is C21H22N2O. The van der Waals surface area contributed by atoms with Crippen LogP contribution < -0.4 is 10.6 Å². The van der Waals surface area contributed by atoms with Crippen LogP contribution in [0, 0.1) is 11.3 Å². The van der Waals surface area contributed by atoms with Crippen LogP contribution >= 0.6 is 0 Å². The monoisotopic (exact) mass is 318 g/mol. The highest BCUT2D eigenvalue weighted by atomic mass is 16.2. The van der Waals surface area contributed by atoms with E-state index in [1.165, 1.54) is 22.3 Å². The molecule has 1 unspecified atom stereocenters. The van der Waals surface area contributed by atoms with Crippen molar-refractivity contribution >= 4 is 11.6 Å². The lowest BCUT2D eigenvalue weighted by Gasteiger charge is -2.23. The molecule has 3 aliphatic rings. The summed E-state index contributed by atoms with van der Waals surface area (Å²) < 4.78 is 0. The molecule has 2 N–H and O–H groups in total. The van der Waals surface area contributed by atoms with E-state index in [2.05, 4.69) is 53.1 Å². The van der Waals surface area contributed by atoms with Gasteiger partial charge in [-0.25, -0.2) is 0 Å². The van der Waals surface area contributed by atoms with Crippen LogP contribution in [0.5, 0.6) is 0 Å². The largest absolute Gasteiger partial charge is 0.326 e. The minimum Gasteiger partial charge on any atom is -0.326 e. The second-order valence-corrected chi connectivity index (χ2v) is 7.56. The van der Waals surface area contributed by atoms with Gasteiger partial charge in [-0.05, 0) is 78.6 Å². The summed E-state index contributed by atoms with van der Waals surface area (Å²) in [7, 11) is 0. The molecule has 1 spiro atoms. The Morgan fingerprint density at radius 3 is 2.71 bits per heavy atom. The zero-order valence-corrected chi connectivity index (χ0v) is 13.8. The molecule has 24 heavy (non-hydrogen) atoms. The number of anilines is 1. The van der Waals surface area contributed by atoms with Crippen LogP contribution in [0.3, 0.4) is 0 Å². The average molecular weight is 318 g/mol. The van der Waals surface area contributed by atoms with E-state index >= 15 is 0 Å². The van der Waals surface area contributed by atoms with Crippen molar-refractivity contribution in [2.45, 2.75) is 25.7 Å². The molecule has 3 nitrogen and oxygen atoms in total. The van der Waals surface area contributed by atoms with Crippen molar-refractivity contribution < 1.29 is 4.79 Å². The van der Waals surface area contributed by atoms with Gasteiger partial charge in [0.2, 0.25) is 5.91 Å². The third kappa shape index (κ3) is 2.19. The van der Waals surface area contributed by atoms with Crippen molar-refractivity contribution in [3.05, 3.63) is 53.6 Å². The SMILES string of the molecule is O=C(Nc1ccc2c(c1)Cc1ccccc1-2)C1CC12CCNCC2. The van der Waals surface area contributed by atoms with Crippen LogP contribution in [-0.2, 0) is 11.2 Å². The predicted molar refractivity (Wildman–Crippen MR) is 96.0 cm³/mol. The summed E-state index contributed by atoms with van der Waals surface area (Å²) in [5, 5.41) is 6.57. The summed E-state index contributed by atoms with van der Waals surface area (Å²) in [6, 6.07) is 14.9. The zero-order valence-electron chi connectivity index (χ0n) is 13.8. The van der Waals surface area contributed by atoms with Gasteiger partial charge in [0, 0.05) is 11.6 Å². The first-order valence-corrected chi connectivity index (χ1v) is 8.98. The molecule has 0 aromatic heterocycles. The van der Waals surface area contributed by atoms with Gasteiger partial charge < -0.3 is 10.6 Å². The van der Waals surface area contributed by atoms with Gasteiger partial charge in [-0.2, -0.15) is 0 Å². The lowest BCUT2D eigenvalue weighted by molar-refractivity contribution is -0.118. The predicted octanol–water partition coefficient (Wildman–Crippen LogP) is 3.59. The van der Waals surface area contributed by atoms with Gasteiger partial charge in [0.15, 0.2) is 0 Å². The molecule has 2 aromatic rings. The number of piperidine rings is 1. The van der Waals surface area contributed by atoms with Crippen LogP contribution in [0.1, 0.15) is 30.4 Å². The summed E-state index contributed by atoms with van der Waals surface area (Å²) in [6.07, 6.45) is 4.32. The number of fused-ring (bicyclic) bond motifs is 3. The van der Waals surface area contributed by atoms with Crippen molar-refractivity contribution in [1.82, 2.24) is 5.32 Å². The molecule has 2 aromatic carbocycles.